The molecule has 0 spiro atoms. The van der Waals surface area contributed by atoms with Crippen LogP contribution in [-0.4, -0.2) is 56.0 Å². The molecule has 2 aliphatic heterocycles. The number of ether oxygens (including phenoxy) is 1. The van der Waals surface area contributed by atoms with Crippen LogP contribution >= 0.6 is 22.9 Å². The number of fused-ring (bicyclic) bond motifs is 1. The van der Waals surface area contributed by atoms with Crippen molar-refractivity contribution in [2.24, 2.45) is 0 Å². The Morgan fingerprint density at radius 3 is 2.49 bits per heavy atom. The Balaban J connectivity index is 1.43. The summed E-state index contributed by atoms with van der Waals surface area (Å²) in [6, 6.07) is 11.8. The van der Waals surface area contributed by atoms with Gasteiger partial charge in [-0.25, -0.2) is 13.4 Å². The maximum absolute atomic E-state index is 13.6. The molecular weight excluding hydrogens is 506 g/mol. The Morgan fingerprint density at radius 2 is 1.83 bits per heavy atom. The van der Waals surface area contributed by atoms with Gasteiger partial charge in [-0.1, -0.05) is 41.8 Å². The lowest BCUT2D eigenvalue weighted by Crippen LogP contribution is -2.37. The summed E-state index contributed by atoms with van der Waals surface area (Å²) in [6.45, 7) is 2.14. The van der Waals surface area contributed by atoms with Crippen LogP contribution < -0.4 is 4.90 Å². The van der Waals surface area contributed by atoms with E-state index in [4.69, 9.17) is 16.3 Å². The van der Waals surface area contributed by atoms with Gasteiger partial charge in [0.05, 0.1) is 27.3 Å². The van der Waals surface area contributed by atoms with Crippen LogP contribution in [0.2, 0.25) is 5.02 Å². The number of benzene rings is 2. The molecule has 0 N–H and O–H groups in total. The smallest absolute Gasteiger partial charge is 0.260 e. The number of hydrogen-bond donors (Lipinski definition) is 0. The third-order valence-electron chi connectivity index (χ3n) is 6.55. The van der Waals surface area contributed by atoms with Crippen molar-refractivity contribution < 1.29 is 17.9 Å². The Hall–Kier alpha value is -2.04. The SMILES string of the molecule is O=C(c1ccc(S(=O)(=O)N2CCCCCC2)cc1)N(CC1CCCO1)c1nc2c(Cl)cccc2s1. The van der Waals surface area contributed by atoms with Crippen molar-refractivity contribution in [2.75, 3.05) is 31.1 Å². The minimum atomic E-state index is -3.58. The van der Waals surface area contributed by atoms with Gasteiger partial charge in [-0.3, -0.25) is 9.69 Å². The summed E-state index contributed by atoms with van der Waals surface area (Å²) < 4.78 is 34.5. The van der Waals surface area contributed by atoms with Crippen LogP contribution in [0, 0.1) is 0 Å². The first-order chi connectivity index (χ1) is 16.9. The molecule has 2 fully saturated rings. The summed E-state index contributed by atoms with van der Waals surface area (Å²) in [5, 5.41) is 1.09. The summed E-state index contributed by atoms with van der Waals surface area (Å²) in [7, 11) is -3.58. The average molecular weight is 534 g/mol. The molecule has 3 aromatic rings. The van der Waals surface area contributed by atoms with Crippen LogP contribution in [0.25, 0.3) is 10.2 Å². The molecule has 2 aliphatic rings. The van der Waals surface area contributed by atoms with E-state index in [1.165, 1.54) is 23.5 Å². The van der Waals surface area contributed by atoms with Crippen molar-refractivity contribution in [1.29, 1.82) is 0 Å². The molecule has 10 heteroatoms. The number of anilines is 1. The predicted octanol–water partition coefficient (Wildman–Crippen LogP) is 5.34. The number of amides is 1. The fourth-order valence-electron chi connectivity index (χ4n) is 4.61. The summed E-state index contributed by atoms with van der Waals surface area (Å²) >= 11 is 7.74. The highest BCUT2D eigenvalue weighted by Gasteiger charge is 2.29. The van der Waals surface area contributed by atoms with Crippen LogP contribution in [0.4, 0.5) is 5.13 Å². The van der Waals surface area contributed by atoms with Crippen molar-refractivity contribution in [1.82, 2.24) is 9.29 Å². The fraction of sp³-hybridized carbons (Fsp3) is 0.440. The quantitative estimate of drug-likeness (QED) is 0.427. The third-order valence-corrected chi connectivity index (χ3v) is 9.81. The van der Waals surface area contributed by atoms with Gasteiger partial charge in [-0.05, 0) is 62.1 Å². The molecule has 35 heavy (non-hydrogen) atoms. The summed E-state index contributed by atoms with van der Waals surface area (Å²) in [6.07, 6.45) is 5.63. The monoisotopic (exact) mass is 533 g/mol. The normalized spacial score (nSPS) is 19.6. The van der Waals surface area contributed by atoms with E-state index < -0.39 is 10.0 Å². The zero-order valence-corrected chi connectivity index (χ0v) is 21.7. The van der Waals surface area contributed by atoms with Crippen LogP contribution in [0.3, 0.4) is 0 Å². The fourth-order valence-corrected chi connectivity index (χ4v) is 7.40. The van der Waals surface area contributed by atoms with E-state index in [-0.39, 0.29) is 16.9 Å². The lowest BCUT2D eigenvalue weighted by Gasteiger charge is -2.23. The Bertz CT molecular complexity index is 1300. The first-order valence-corrected chi connectivity index (χ1v) is 14.7. The van der Waals surface area contributed by atoms with Crippen molar-refractivity contribution in [3.63, 3.8) is 0 Å². The zero-order chi connectivity index (χ0) is 24.4. The molecule has 2 saturated heterocycles. The lowest BCUT2D eigenvalue weighted by molar-refractivity contribution is 0.0917. The molecule has 0 aliphatic carbocycles. The predicted molar refractivity (Wildman–Crippen MR) is 139 cm³/mol. The van der Waals surface area contributed by atoms with E-state index in [1.54, 1.807) is 27.4 Å². The number of aromatic nitrogens is 1. The molecule has 0 saturated carbocycles. The molecule has 0 radical (unpaired) electrons. The van der Waals surface area contributed by atoms with Gasteiger partial charge < -0.3 is 4.74 Å². The van der Waals surface area contributed by atoms with Crippen LogP contribution in [0.15, 0.2) is 47.4 Å². The summed E-state index contributed by atoms with van der Waals surface area (Å²) in [5.41, 5.74) is 1.07. The Kier molecular flexibility index (Phi) is 7.41. The number of hydrogen-bond acceptors (Lipinski definition) is 6. The molecule has 1 unspecified atom stereocenters. The molecule has 1 amide bonds. The first kappa shape index (κ1) is 24.6. The van der Waals surface area contributed by atoms with Crippen LogP contribution in [0.5, 0.6) is 0 Å². The number of carbonyl (C=O) groups is 1. The molecule has 3 heterocycles. The molecule has 1 atom stereocenters. The van der Waals surface area contributed by atoms with Crippen molar-refractivity contribution >= 4 is 54.2 Å². The first-order valence-electron chi connectivity index (χ1n) is 12.0. The van der Waals surface area contributed by atoms with E-state index in [2.05, 4.69) is 4.98 Å². The Morgan fingerprint density at radius 1 is 1.09 bits per heavy atom. The molecule has 0 bridgehead atoms. The summed E-state index contributed by atoms with van der Waals surface area (Å²) in [4.78, 5) is 20.2. The average Bonchev–Trinajstić information content (AvgIpc) is 3.45. The van der Waals surface area contributed by atoms with Crippen molar-refractivity contribution in [2.45, 2.75) is 49.5 Å². The number of sulfonamides is 1. The second-order valence-corrected chi connectivity index (χ2v) is 12.3. The van der Waals surface area contributed by atoms with Gasteiger partial charge in [-0.15, -0.1) is 0 Å². The standard InChI is InChI=1S/C25H28ClN3O4S2/c26-21-8-5-9-22-23(21)27-25(34-22)29(17-19-7-6-16-33-19)24(30)18-10-12-20(13-11-18)35(31,32)28-14-3-1-2-4-15-28/h5,8-13,19H,1-4,6-7,14-17H2. The van der Waals surface area contributed by atoms with Crippen molar-refractivity contribution in [3.8, 4) is 0 Å². The number of nitrogens with zero attached hydrogens (tertiary/aromatic N) is 3. The topological polar surface area (TPSA) is 79.8 Å². The van der Waals surface area contributed by atoms with Gasteiger partial charge in [0.1, 0.15) is 5.52 Å². The third kappa shape index (κ3) is 5.24. The van der Waals surface area contributed by atoms with E-state index in [0.717, 1.165) is 43.2 Å². The Labute approximate surface area is 214 Å². The molecule has 2 aromatic carbocycles. The van der Waals surface area contributed by atoms with Crippen LogP contribution in [-0.2, 0) is 14.8 Å². The highest BCUT2D eigenvalue weighted by Crippen LogP contribution is 2.34. The van der Waals surface area contributed by atoms with Gasteiger partial charge in [0, 0.05) is 25.3 Å². The van der Waals surface area contributed by atoms with E-state index in [1.807, 2.05) is 12.1 Å². The number of thiazole rings is 1. The molecule has 1 aromatic heterocycles. The second kappa shape index (κ2) is 10.5. The largest absolute Gasteiger partial charge is 0.376 e. The molecule has 7 nitrogen and oxygen atoms in total. The molecule has 5 rings (SSSR count). The van der Waals surface area contributed by atoms with Gasteiger partial charge in [0.15, 0.2) is 5.13 Å². The van der Waals surface area contributed by atoms with Crippen molar-refractivity contribution in [3.05, 3.63) is 53.1 Å². The lowest BCUT2D eigenvalue weighted by atomic mass is 10.2. The zero-order valence-electron chi connectivity index (χ0n) is 19.4. The highest BCUT2D eigenvalue weighted by molar-refractivity contribution is 7.89. The van der Waals surface area contributed by atoms with E-state index in [9.17, 15) is 13.2 Å². The maximum atomic E-state index is 13.6. The molecular formula is C25H28ClN3O4S2. The van der Waals surface area contributed by atoms with Gasteiger partial charge in [0.25, 0.3) is 5.91 Å². The van der Waals surface area contributed by atoms with Gasteiger partial charge in [-0.2, -0.15) is 4.31 Å². The minimum Gasteiger partial charge on any atom is -0.376 e. The van der Waals surface area contributed by atoms with E-state index in [0.29, 0.717) is 47.5 Å². The number of halogens is 1. The maximum Gasteiger partial charge on any atom is 0.260 e. The summed E-state index contributed by atoms with van der Waals surface area (Å²) in [5.74, 6) is -0.241. The number of para-hydroxylation sites is 1. The van der Waals surface area contributed by atoms with Gasteiger partial charge >= 0.3 is 0 Å². The van der Waals surface area contributed by atoms with Gasteiger partial charge in [0.2, 0.25) is 10.0 Å². The number of rotatable bonds is 6. The highest BCUT2D eigenvalue weighted by atomic mass is 35.5. The number of carbonyl (C=O) groups excluding carboxylic acids is 1. The minimum absolute atomic E-state index is 0.0656. The van der Waals surface area contributed by atoms with Crippen LogP contribution in [0.1, 0.15) is 48.9 Å². The molecule has 186 valence electrons. The van der Waals surface area contributed by atoms with E-state index >= 15 is 0 Å². The second-order valence-electron chi connectivity index (χ2n) is 8.98.